The number of methoxy groups -OCH3 is 2. The molecule has 0 bridgehead atoms. The van der Waals surface area contributed by atoms with Gasteiger partial charge in [0.25, 0.3) is 0 Å². The zero-order chi connectivity index (χ0) is 18.6. The molecule has 1 aromatic heterocycles. The number of amides is 2. The normalized spacial score (nSPS) is 11.8. The number of nitrogens with zero attached hydrogens (tertiary/aromatic N) is 2. The summed E-state index contributed by atoms with van der Waals surface area (Å²) >= 11 is 0. The molecule has 25 heavy (non-hydrogen) atoms. The van der Waals surface area contributed by atoms with Crippen molar-refractivity contribution in [3.8, 4) is 11.5 Å². The minimum atomic E-state index is -0.222. The molecule has 1 heterocycles. The lowest BCUT2D eigenvalue weighted by atomic mass is 10.1. The zero-order valence-corrected chi connectivity index (χ0v) is 15.5. The molecule has 7 heteroatoms. The maximum atomic E-state index is 12.5. The van der Waals surface area contributed by atoms with E-state index in [1.165, 1.54) is 0 Å². The van der Waals surface area contributed by atoms with E-state index in [-0.39, 0.29) is 12.1 Å². The van der Waals surface area contributed by atoms with Gasteiger partial charge in [-0.05, 0) is 32.9 Å². The van der Waals surface area contributed by atoms with E-state index in [2.05, 4.69) is 10.5 Å². The van der Waals surface area contributed by atoms with Crippen molar-refractivity contribution in [2.75, 3.05) is 21.3 Å². The van der Waals surface area contributed by atoms with Gasteiger partial charge in [0.15, 0.2) is 0 Å². The average molecular weight is 347 g/mol. The Kier molecular flexibility index (Phi) is 5.90. The first-order chi connectivity index (χ1) is 11.9. The summed E-state index contributed by atoms with van der Waals surface area (Å²) in [5.41, 5.74) is 2.59. The third-order valence-electron chi connectivity index (χ3n) is 4.17. The first-order valence-electron chi connectivity index (χ1n) is 8.02. The van der Waals surface area contributed by atoms with Crippen LogP contribution in [0.3, 0.4) is 0 Å². The highest BCUT2D eigenvalue weighted by Gasteiger charge is 2.19. The van der Waals surface area contributed by atoms with Crippen molar-refractivity contribution >= 4 is 6.03 Å². The number of urea groups is 1. The molecule has 0 fully saturated rings. The van der Waals surface area contributed by atoms with Crippen LogP contribution in [0, 0.1) is 13.8 Å². The van der Waals surface area contributed by atoms with Gasteiger partial charge in [-0.2, -0.15) is 0 Å². The predicted molar refractivity (Wildman–Crippen MR) is 93.9 cm³/mol. The van der Waals surface area contributed by atoms with Crippen molar-refractivity contribution in [2.45, 2.75) is 33.4 Å². The fraction of sp³-hybridized carbons (Fsp3) is 0.444. The number of aryl methyl sites for hydroxylation is 2. The number of aromatic nitrogens is 1. The van der Waals surface area contributed by atoms with Crippen molar-refractivity contribution < 1.29 is 18.8 Å². The van der Waals surface area contributed by atoms with Crippen molar-refractivity contribution in [3.05, 3.63) is 40.8 Å². The van der Waals surface area contributed by atoms with Gasteiger partial charge < -0.3 is 24.2 Å². The molecule has 7 nitrogen and oxygen atoms in total. The Labute approximate surface area is 147 Å². The molecule has 0 unspecified atom stereocenters. The first kappa shape index (κ1) is 18.6. The summed E-state index contributed by atoms with van der Waals surface area (Å²) in [6.45, 7) is 6.04. The van der Waals surface area contributed by atoms with Crippen molar-refractivity contribution in [2.24, 2.45) is 0 Å². The molecule has 1 aromatic carbocycles. The van der Waals surface area contributed by atoms with Crippen LogP contribution < -0.4 is 14.8 Å². The van der Waals surface area contributed by atoms with Gasteiger partial charge in [-0.15, -0.1) is 0 Å². The van der Waals surface area contributed by atoms with E-state index in [4.69, 9.17) is 14.0 Å². The number of carbonyl (C=O) groups is 1. The Hall–Kier alpha value is -2.70. The lowest BCUT2D eigenvalue weighted by molar-refractivity contribution is 0.203. The summed E-state index contributed by atoms with van der Waals surface area (Å²) in [7, 11) is 4.93. The van der Waals surface area contributed by atoms with Crippen LogP contribution in [0.5, 0.6) is 11.5 Å². The monoisotopic (exact) mass is 347 g/mol. The third kappa shape index (κ3) is 4.23. The van der Waals surface area contributed by atoms with E-state index >= 15 is 0 Å². The molecule has 2 rings (SSSR count). The van der Waals surface area contributed by atoms with Crippen molar-refractivity contribution in [3.63, 3.8) is 0 Å². The fourth-order valence-electron chi connectivity index (χ4n) is 2.59. The van der Waals surface area contributed by atoms with Crippen LogP contribution in [0.4, 0.5) is 4.79 Å². The number of hydrogen-bond donors (Lipinski definition) is 1. The van der Waals surface area contributed by atoms with Gasteiger partial charge >= 0.3 is 6.03 Å². The van der Waals surface area contributed by atoms with E-state index in [0.717, 1.165) is 22.6 Å². The van der Waals surface area contributed by atoms with Crippen molar-refractivity contribution in [1.82, 2.24) is 15.4 Å². The van der Waals surface area contributed by atoms with Crippen LogP contribution in [0.15, 0.2) is 22.7 Å². The molecular weight excluding hydrogens is 322 g/mol. The van der Waals surface area contributed by atoms with Gasteiger partial charge in [0, 0.05) is 24.2 Å². The average Bonchev–Trinajstić information content (AvgIpc) is 2.92. The Morgan fingerprint density at radius 1 is 1.32 bits per heavy atom. The molecule has 1 atom stereocenters. The second-order valence-electron chi connectivity index (χ2n) is 5.94. The summed E-state index contributed by atoms with van der Waals surface area (Å²) in [4.78, 5) is 14.1. The maximum Gasteiger partial charge on any atom is 0.317 e. The van der Waals surface area contributed by atoms with Crippen molar-refractivity contribution in [1.29, 1.82) is 0 Å². The van der Waals surface area contributed by atoms with Crippen LogP contribution in [-0.2, 0) is 6.54 Å². The second-order valence-corrected chi connectivity index (χ2v) is 5.94. The number of hydrogen-bond acceptors (Lipinski definition) is 5. The molecule has 0 aliphatic carbocycles. The number of benzene rings is 1. The van der Waals surface area contributed by atoms with Crippen LogP contribution in [0.25, 0.3) is 0 Å². The topological polar surface area (TPSA) is 76.8 Å². The van der Waals surface area contributed by atoms with Crippen LogP contribution >= 0.6 is 0 Å². The lowest BCUT2D eigenvalue weighted by Gasteiger charge is -2.23. The smallest absolute Gasteiger partial charge is 0.317 e. The third-order valence-corrected chi connectivity index (χ3v) is 4.17. The Balaban J connectivity index is 2.07. The zero-order valence-electron chi connectivity index (χ0n) is 15.5. The van der Waals surface area contributed by atoms with E-state index in [9.17, 15) is 4.79 Å². The summed E-state index contributed by atoms with van der Waals surface area (Å²) in [6, 6.07) is 5.11. The number of carbonyl (C=O) groups excluding carboxylic acids is 1. The van der Waals surface area contributed by atoms with Crippen LogP contribution in [0.1, 0.15) is 35.5 Å². The quantitative estimate of drug-likeness (QED) is 0.868. The van der Waals surface area contributed by atoms with Gasteiger partial charge in [-0.3, -0.25) is 0 Å². The molecule has 1 N–H and O–H groups in total. The predicted octanol–water partition coefficient (Wildman–Crippen LogP) is 3.21. The van der Waals surface area contributed by atoms with E-state index in [1.807, 2.05) is 32.9 Å². The fourth-order valence-corrected chi connectivity index (χ4v) is 2.59. The Morgan fingerprint density at radius 2 is 2.04 bits per heavy atom. The minimum Gasteiger partial charge on any atom is -0.497 e. The van der Waals surface area contributed by atoms with Crippen LogP contribution in [-0.4, -0.2) is 37.4 Å². The maximum absolute atomic E-state index is 12.5. The Bertz CT molecular complexity index is 722. The van der Waals surface area contributed by atoms with Gasteiger partial charge in [0.2, 0.25) is 0 Å². The molecule has 0 saturated carbocycles. The number of nitrogens with one attached hydrogen (secondary N) is 1. The summed E-state index contributed by atoms with van der Waals surface area (Å²) in [5.74, 6) is 2.09. The summed E-state index contributed by atoms with van der Waals surface area (Å²) in [6.07, 6.45) is 0. The standard InChI is InChI=1S/C18H25N3O4/c1-11(15-8-7-14(23-5)9-17(15)24-6)19-18(22)21(4)10-16-12(2)20-25-13(16)3/h7-9,11H,10H2,1-6H3,(H,19,22)/t11-/m1/s1. The minimum absolute atomic E-state index is 0.189. The SMILES string of the molecule is COc1ccc([C@@H](C)NC(=O)N(C)Cc2c(C)noc2C)c(OC)c1. The molecule has 2 amide bonds. The van der Waals surface area contributed by atoms with E-state index in [1.54, 1.807) is 32.2 Å². The second kappa shape index (κ2) is 7.92. The number of rotatable bonds is 6. The molecule has 0 saturated heterocycles. The lowest BCUT2D eigenvalue weighted by Crippen LogP contribution is -2.38. The van der Waals surface area contributed by atoms with Crippen LogP contribution in [0.2, 0.25) is 0 Å². The molecule has 0 aliphatic rings. The van der Waals surface area contributed by atoms with Gasteiger partial charge in [-0.25, -0.2) is 4.79 Å². The van der Waals surface area contributed by atoms with Gasteiger partial charge in [0.1, 0.15) is 17.3 Å². The molecule has 0 spiro atoms. The highest BCUT2D eigenvalue weighted by molar-refractivity contribution is 5.74. The van der Waals surface area contributed by atoms with E-state index in [0.29, 0.717) is 18.0 Å². The molecule has 0 radical (unpaired) electrons. The highest BCUT2D eigenvalue weighted by atomic mass is 16.5. The molecule has 136 valence electrons. The molecule has 0 aliphatic heterocycles. The molecular formula is C18H25N3O4. The molecule has 2 aromatic rings. The Morgan fingerprint density at radius 3 is 2.60 bits per heavy atom. The van der Waals surface area contributed by atoms with Gasteiger partial charge in [0.05, 0.1) is 32.5 Å². The summed E-state index contributed by atoms with van der Waals surface area (Å²) in [5, 5.41) is 6.89. The highest BCUT2D eigenvalue weighted by Crippen LogP contribution is 2.29. The van der Waals surface area contributed by atoms with E-state index < -0.39 is 0 Å². The number of ether oxygens (including phenoxy) is 2. The summed E-state index contributed by atoms with van der Waals surface area (Å²) < 4.78 is 15.7. The largest absolute Gasteiger partial charge is 0.497 e. The first-order valence-corrected chi connectivity index (χ1v) is 8.02. The van der Waals surface area contributed by atoms with Gasteiger partial charge in [-0.1, -0.05) is 5.16 Å².